The van der Waals surface area contributed by atoms with Crippen LogP contribution in [0.5, 0.6) is 0 Å². The van der Waals surface area contributed by atoms with Gasteiger partial charge in [0.15, 0.2) is 5.84 Å². The first-order chi connectivity index (χ1) is 14.3. The third kappa shape index (κ3) is 4.34. The Bertz CT molecular complexity index is 1080. The van der Waals surface area contributed by atoms with Crippen molar-refractivity contribution in [2.24, 2.45) is 10.3 Å². The van der Waals surface area contributed by atoms with Crippen LogP contribution in [-0.4, -0.2) is 43.9 Å². The molecule has 0 aromatic heterocycles. The lowest BCUT2D eigenvalue weighted by Gasteiger charge is -2.32. The molecular formula is C20H19F2N3O3S2. The molecule has 2 aromatic carbocycles. The third-order valence-corrected chi connectivity index (χ3v) is 7.17. The van der Waals surface area contributed by atoms with Crippen molar-refractivity contribution in [3.63, 3.8) is 0 Å². The Hall–Kier alpha value is -2.46. The molecule has 0 spiro atoms. The summed E-state index contributed by atoms with van der Waals surface area (Å²) in [5.41, 5.74) is 1.16. The molecule has 1 N–H and O–H groups in total. The van der Waals surface area contributed by atoms with Gasteiger partial charge in [0.05, 0.1) is 0 Å². The predicted molar refractivity (Wildman–Crippen MR) is 111 cm³/mol. The molecule has 0 radical (unpaired) electrons. The lowest BCUT2D eigenvalue weighted by molar-refractivity contribution is -0.120. The van der Waals surface area contributed by atoms with Crippen LogP contribution in [-0.2, 0) is 14.8 Å². The van der Waals surface area contributed by atoms with Crippen molar-refractivity contribution in [2.45, 2.75) is 28.4 Å². The van der Waals surface area contributed by atoms with Crippen LogP contribution in [0, 0.1) is 5.92 Å². The number of thioether (sulfide) groups is 1. The Morgan fingerprint density at radius 1 is 1.10 bits per heavy atom. The zero-order valence-corrected chi connectivity index (χ0v) is 17.4. The van der Waals surface area contributed by atoms with Gasteiger partial charge in [-0.3, -0.25) is 4.79 Å². The van der Waals surface area contributed by atoms with Crippen molar-refractivity contribution in [2.75, 3.05) is 18.4 Å². The van der Waals surface area contributed by atoms with Gasteiger partial charge in [-0.1, -0.05) is 23.9 Å². The van der Waals surface area contributed by atoms with Crippen LogP contribution >= 0.6 is 11.8 Å². The number of nitrogens with one attached hydrogen (secondary N) is 1. The number of hydrogen-bond donors (Lipinski definition) is 1. The lowest BCUT2D eigenvalue weighted by Crippen LogP contribution is -2.41. The van der Waals surface area contributed by atoms with Crippen LogP contribution in [0.2, 0.25) is 0 Å². The number of benzene rings is 2. The normalized spacial score (nSPS) is 18.2. The van der Waals surface area contributed by atoms with E-state index in [9.17, 15) is 22.0 Å². The average molecular weight is 452 g/mol. The second kappa shape index (κ2) is 8.35. The van der Waals surface area contributed by atoms with E-state index in [2.05, 4.69) is 9.71 Å². The average Bonchev–Trinajstić information content (AvgIpc) is 3.00. The fourth-order valence-corrected chi connectivity index (χ4v) is 5.36. The minimum Gasteiger partial charge on any atom is -0.355 e. The van der Waals surface area contributed by atoms with Crippen molar-refractivity contribution in [1.29, 1.82) is 0 Å². The van der Waals surface area contributed by atoms with Gasteiger partial charge in [-0.05, 0) is 49.2 Å². The molecule has 30 heavy (non-hydrogen) atoms. The van der Waals surface area contributed by atoms with E-state index in [1.165, 1.54) is 0 Å². The Balaban J connectivity index is 1.36. The highest BCUT2D eigenvalue weighted by Gasteiger charge is 2.34. The van der Waals surface area contributed by atoms with Gasteiger partial charge in [-0.2, -0.15) is 17.2 Å². The van der Waals surface area contributed by atoms with E-state index in [1.807, 2.05) is 4.90 Å². The molecule has 4 rings (SSSR count). The number of alkyl halides is 2. The molecule has 0 unspecified atom stereocenters. The van der Waals surface area contributed by atoms with Crippen molar-refractivity contribution >= 4 is 39.2 Å². The molecule has 6 nitrogen and oxygen atoms in total. The Labute approximate surface area is 177 Å². The van der Waals surface area contributed by atoms with Crippen LogP contribution in [0.25, 0.3) is 0 Å². The summed E-state index contributed by atoms with van der Waals surface area (Å²) < 4.78 is 53.2. The Kier molecular flexibility index (Phi) is 5.79. The molecule has 2 heterocycles. The predicted octanol–water partition coefficient (Wildman–Crippen LogP) is 3.80. The van der Waals surface area contributed by atoms with E-state index in [1.54, 1.807) is 48.5 Å². The van der Waals surface area contributed by atoms with E-state index in [0.717, 1.165) is 0 Å². The van der Waals surface area contributed by atoms with Gasteiger partial charge in [-0.15, -0.1) is 4.40 Å². The van der Waals surface area contributed by atoms with E-state index < -0.39 is 15.8 Å². The second-order valence-corrected chi connectivity index (χ2v) is 9.68. The maximum atomic E-state index is 12.6. The number of halogens is 2. The summed E-state index contributed by atoms with van der Waals surface area (Å²) in [6.07, 6.45) is 1.12. The summed E-state index contributed by atoms with van der Waals surface area (Å²) in [4.78, 5) is 15.1. The quantitative estimate of drug-likeness (QED) is 0.716. The molecule has 1 saturated heterocycles. The summed E-state index contributed by atoms with van der Waals surface area (Å²) in [6.45, 7) is 1.04. The molecule has 0 aliphatic carbocycles. The number of carbonyl (C=O) groups excluding carboxylic acids is 1. The monoisotopic (exact) mass is 451 g/mol. The van der Waals surface area contributed by atoms with Crippen LogP contribution in [0.3, 0.4) is 0 Å². The smallest absolute Gasteiger partial charge is 0.288 e. The van der Waals surface area contributed by atoms with Crippen LogP contribution < -0.4 is 5.32 Å². The fraction of sp³-hybridized carbons (Fsp3) is 0.300. The van der Waals surface area contributed by atoms with Gasteiger partial charge < -0.3 is 10.2 Å². The zero-order valence-electron chi connectivity index (χ0n) is 15.8. The van der Waals surface area contributed by atoms with Crippen LogP contribution in [0.1, 0.15) is 18.4 Å². The number of amidine groups is 1. The third-order valence-electron chi connectivity index (χ3n) is 5.12. The first kappa shape index (κ1) is 20.8. The van der Waals surface area contributed by atoms with E-state index in [0.29, 0.717) is 59.7 Å². The first-order valence-electron chi connectivity index (χ1n) is 9.38. The molecule has 0 atom stereocenters. The summed E-state index contributed by atoms with van der Waals surface area (Å²) in [5.74, 6) is -2.39. The maximum Gasteiger partial charge on any atom is 0.288 e. The van der Waals surface area contributed by atoms with Crippen molar-refractivity contribution in [1.82, 2.24) is 4.90 Å². The van der Waals surface area contributed by atoms with E-state index >= 15 is 0 Å². The largest absolute Gasteiger partial charge is 0.355 e. The summed E-state index contributed by atoms with van der Waals surface area (Å²) >= 11 is 0.456. The van der Waals surface area contributed by atoms with E-state index in [-0.39, 0.29) is 16.7 Å². The van der Waals surface area contributed by atoms with Crippen LogP contribution in [0.15, 0.2) is 62.7 Å². The number of piperidine rings is 1. The maximum absolute atomic E-state index is 12.6. The molecule has 1 fully saturated rings. The van der Waals surface area contributed by atoms with E-state index in [4.69, 9.17) is 0 Å². The van der Waals surface area contributed by atoms with Crippen molar-refractivity contribution in [3.8, 4) is 0 Å². The highest BCUT2D eigenvalue weighted by molar-refractivity contribution is 7.99. The fourth-order valence-electron chi connectivity index (χ4n) is 3.63. The lowest BCUT2D eigenvalue weighted by atomic mass is 9.95. The molecule has 158 valence electrons. The van der Waals surface area contributed by atoms with Gasteiger partial charge in [0.1, 0.15) is 4.90 Å². The molecular weight excluding hydrogens is 432 g/mol. The topological polar surface area (TPSA) is 78.8 Å². The van der Waals surface area contributed by atoms with Gasteiger partial charge in [-0.25, -0.2) is 0 Å². The Morgan fingerprint density at radius 3 is 2.43 bits per heavy atom. The molecule has 10 heteroatoms. The minimum absolute atomic E-state index is 0.134. The molecule has 2 aromatic rings. The number of carbonyl (C=O) groups is 1. The number of anilines is 1. The number of likely N-dealkylation sites (tertiary alicyclic amines) is 1. The number of amides is 1. The van der Waals surface area contributed by atoms with Gasteiger partial charge >= 0.3 is 0 Å². The first-order valence-corrected chi connectivity index (χ1v) is 11.7. The number of fused-ring (bicyclic) bond motifs is 1. The molecule has 0 bridgehead atoms. The highest BCUT2D eigenvalue weighted by atomic mass is 32.2. The molecule has 2 aliphatic rings. The number of hydrogen-bond acceptors (Lipinski definition) is 5. The second-order valence-electron chi connectivity index (χ2n) is 7.04. The number of sulfonamides is 1. The summed E-state index contributed by atoms with van der Waals surface area (Å²) in [5, 5.41) is 2.82. The van der Waals surface area contributed by atoms with Gasteiger partial charge in [0.2, 0.25) is 5.91 Å². The molecule has 0 saturated carbocycles. The SMILES string of the molecule is O=C(Nc1ccc(SC(F)F)cc1)C1CCN(C2=NS(=O)(=O)c3ccccc32)CC1. The number of rotatable bonds is 4. The zero-order chi connectivity index (χ0) is 21.3. The van der Waals surface area contributed by atoms with Gasteiger partial charge in [0, 0.05) is 35.2 Å². The summed E-state index contributed by atoms with van der Waals surface area (Å²) in [7, 11) is -3.67. The number of nitrogens with zero attached hydrogens (tertiary/aromatic N) is 2. The minimum atomic E-state index is -3.67. The molecule has 2 aliphatic heterocycles. The van der Waals surface area contributed by atoms with Gasteiger partial charge in [0.25, 0.3) is 15.8 Å². The molecule has 1 amide bonds. The van der Waals surface area contributed by atoms with Crippen molar-refractivity contribution < 1.29 is 22.0 Å². The van der Waals surface area contributed by atoms with Crippen molar-refractivity contribution in [3.05, 3.63) is 54.1 Å². The Morgan fingerprint density at radius 2 is 1.77 bits per heavy atom. The summed E-state index contributed by atoms with van der Waals surface area (Å²) in [6, 6.07) is 13.0. The van der Waals surface area contributed by atoms with Crippen LogP contribution in [0.4, 0.5) is 14.5 Å². The standard InChI is InChI=1S/C20H19F2N3O3S2/c21-20(22)29-15-7-5-14(6-8-15)23-19(26)13-9-11-25(12-10-13)18-16-3-1-2-4-17(16)30(27,28)24-18/h1-8,13,20H,9-12H2,(H,23,26). The highest BCUT2D eigenvalue weighted by Crippen LogP contribution is 2.30.